The molecule has 7 heteroatoms. The molecule has 2 heterocycles. The maximum absolute atomic E-state index is 12.4. The number of nitrogens with zero attached hydrogens (tertiary/aromatic N) is 2. The molecule has 2 aromatic heterocycles. The Bertz CT molecular complexity index is 1150. The summed E-state index contributed by atoms with van der Waals surface area (Å²) in [6.07, 6.45) is 0.774. The van der Waals surface area contributed by atoms with Crippen molar-refractivity contribution in [3.8, 4) is 17.0 Å². The Labute approximate surface area is 189 Å². The molecular weight excluding hydrogens is 426 g/mol. The molecule has 0 aliphatic heterocycles. The van der Waals surface area contributed by atoms with Crippen LogP contribution in [0.25, 0.3) is 11.3 Å². The lowest BCUT2D eigenvalue weighted by Crippen LogP contribution is -2.25. The largest absolute Gasteiger partial charge is 0.487 e. The van der Waals surface area contributed by atoms with E-state index in [9.17, 15) is 4.79 Å². The minimum Gasteiger partial charge on any atom is -0.487 e. The summed E-state index contributed by atoms with van der Waals surface area (Å²) in [7, 11) is 0. The lowest BCUT2D eigenvalue weighted by molar-refractivity contribution is 0.0954. The standard InChI is InChI=1S/C24H23N3O2S2/c1-16-26-21(14-30-16)13-29-22-9-7-20(8-10-22)24(28)25-12-11-18-3-5-19(6-4-18)23-15-31-17(2)27-23/h3-10,14-15H,11-13H2,1-2H3,(H,25,28). The van der Waals surface area contributed by atoms with Crippen molar-refractivity contribution in [2.75, 3.05) is 6.54 Å². The second kappa shape index (κ2) is 9.85. The first kappa shape index (κ1) is 21.2. The van der Waals surface area contributed by atoms with Crippen molar-refractivity contribution >= 4 is 28.6 Å². The molecule has 0 spiro atoms. The summed E-state index contributed by atoms with van der Waals surface area (Å²) in [6.45, 7) is 4.99. The smallest absolute Gasteiger partial charge is 0.251 e. The number of carbonyl (C=O) groups excluding carboxylic acids is 1. The third-order valence-corrected chi connectivity index (χ3v) is 6.33. The fourth-order valence-electron chi connectivity index (χ4n) is 3.09. The number of ether oxygens (including phenoxy) is 1. The fraction of sp³-hybridized carbons (Fsp3) is 0.208. The monoisotopic (exact) mass is 449 g/mol. The van der Waals surface area contributed by atoms with Gasteiger partial charge in [-0.1, -0.05) is 24.3 Å². The molecule has 0 radical (unpaired) electrons. The third-order valence-electron chi connectivity index (χ3n) is 4.74. The summed E-state index contributed by atoms with van der Waals surface area (Å²) in [6, 6.07) is 15.5. The van der Waals surface area contributed by atoms with E-state index in [1.807, 2.05) is 31.4 Å². The highest BCUT2D eigenvalue weighted by Crippen LogP contribution is 2.22. The normalized spacial score (nSPS) is 10.8. The van der Waals surface area contributed by atoms with E-state index in [1.54, 1.807) is 34.8 Å². The van der Waals surface area contributed by atoms with Crippen molar-refractivity contribution in [2.24, 2.45) is 0 Å². The summed E-state index contributed by atoms with van der Waals surface area (Å²) < 4.78 is 5.73. The van der Waals surface area contributed by atoms with Gasteiger partial charge in [-0.2, -0.15) is 0 Å². The summed E-state index contributed by atoms with van der Waals surface area (Å²) in [5, 5.41) is 9.13. The quantitative estimate of drug-likeness (QED) is 0.389. The van der Waals surface area contributed by atoms with Crippen LogP contribution < -0.4 is 10.1 Å². The van der Waals surface area contributed by atoms with Gasteiger partial charge in [0.25, 0.3) is 5.91 Å². The van der Waals surface area contributed by atoms with Gasteiger partial charge >= 0.3 is 0 Å². The molecule has 5 nitrogen and oxygen atoms in total. The number of hydrogen-bond donors (Lipinski definition) is 1. The first-order chi connectivity index (χ1) is 15.1. The van der Waals surface area contributed by atoms with Gasteiger partial charge < -0.3 is 10.1 Å². The Morgan fingerprint density at radius 1 is 0.935 bits per heavy atom. The van der Waals surface area contributed by atoms with Gasteiger partial charge in [0.2, 0.25) is 0 Å². The van der Waals surface area contributed by atoms with Gasteiger partial charge in [-0.15, -0.1) is 22.7 Å². The predicted molar refractivity (Wildman–Crippen MR) is 126 cm³/mol. The van der Waals surface area contributed by atoms with Crippen molar-refractivity contribution < 1.29 is 9.53 Å². The Kier molecular flexibility index (Phi) is 6.74. The van der Waals surface area contributed by atoms with Crippen LogP contribution in [-0.2, 0) is 13.0 Å². The number of carbonyl (C=O) groups is 1. The number of thiazole rings is 2. The van der Waals surface area contributed by atoms with Crippen molar-refractivity contribution in [1.82, 2.24) is 15.3 Å². The molecule has 0 fully saturated rings. The van der Waals surface area contributed by atoms with Gasteiger partial charge in [0.1, 0.15) is 12.4 Å². The number of benzene rings is 2. The van der Waals surface area contributed by atoms with Crippen LogP contribution in [0.4, 0.5) is 0 Å². The van der Waals surface area contributed by atoms with Crippen LogP contribution in [0.1, 0.15) is 31.6 Å². The SMILES string of the molecule is Cc1nc(COc2ccc(C(=O)NCCc3ccc(-c4csc(C)n4)cc3)cc2)cs1. The molecule has 0 bridgehead atoms. The molecule has 4 aromatic rings. The molecule has 0 aliphatic rings. The van der Waals surface area contributed by atoms with Gasteiger partial charge in [0, 0.05) is 28.4 Å². The molecule has 158 valence electrons. The Balaban J connectivity index is 1.24. The van der Waals surface area contributed by atoms with Crippen molar-refractivity contribution in [3.63, 3.8) is 0 Å². The number of aryl methyl sites for hydroxylation is 2. The Morgan fingerprint density at radius 3 is 2.29 bits per heavy atom. The van der Waals surface area contributed by atoms with E-state index in [4.69, 9.17) is 4.74 Å². The van der Waals surface area contributed by atoms with Crippen LogP contribution >= 0.6 is 22.7 Å². The molecule has 31 heavy (non-hydrogen) atoms. The molecule has 0 unspecified atom stereocenters. The maximum atomic E-state index is 12.4. The van der Waals surface area contributed by atoms with Crippen molar-refractivity contribution in [2.45, 2.75) is 26.9 Å². The van der Waals surface area contributed by atoms with Gasteiger partial charge in [-0.25, -0.2) is 9.97 Å². The summed E-state index contributed by atoms with van der Waals surface area (Å²) in [4.78, 5) is 21.3. The topological polar surface area (TPSA) is 64.1 Å². The molecule has 2 aromatic carbocycles. The molecule has 0 atom stereocenters. The lowest BCUT2D eigenvalue weighted by atomic mass is 10.1. The van der Waals surface area contributed by atoms with E-state index < -0.39 is 0 Å². The average Bonchev–Trinajstić information content (AvgIpc) is 3.41. The van der Waals surface area contributed by atoms with Gasteiger partial charge in [0.05, 0.1) is 21.4 Å². The zero-order valence-corrected chi connectivity index (χ0v) is 19.1. The summed E-state index contributed by atoms with van der Waals surface area (Å²) >= 11 is 3.26. The van der Waals surface area contributed by atoms with E-state index in [0.717, 1.165) is 39.1 Å². The third kappa shape index (κ3) is 5.77. The number of aromatic nitrogens is 2. The van der Waals surface area contributed by atoms with Crippen LogP contribution in [0.2, 0.25) is 0 Å². The highest BCUT2D eigenvalue weighted by molar-refractivity contribution is 7.10. The van der Waals surface area contributed by atoms with Crippen molar-refractivity contribution in [3.05, 3.63) is 86.1 Å². The van der Waals surface area contributed by atoms with Crippen LogP contribution in [0.15, 0.2) is 59.3 Å². The molecule has 0 saturated carbocycles. The van der Waals surface area contributed by atoms with Gasteiger partial charge in [-0.05, 0) is 50.1 Å². The minimum absolute atomic E-state index is 0.0868. The zero-order chi connectivity index (χ0) is 21.6. The van der Waals surface area contributed by atoms with Crippen LogP contribution in [0, 0.1) is 13.8 Å². The van der Waals surface area contributed by atoms with E-state index in [-0.39, 0.29) is 5.91 Å². The second-order valence-electron chi connectivity index (χ2n) is 7.13. The fourth-order valence-corrected chi connectivity index (χ4v) is 4.31. The second-order valence-corrected chi connectivity index (χ2v) is 9.25. The van der Waals surface area contributed by atoms with Crippen LogP contribution in [-0.4, -0.2) is 22.4 Å². The number of rotatable bonds is 8. The molecule has 0 aliphatic carbocycles. The molecule has 4 rings (SSSR count). The summed E-state index contributed by atoms with van der Waals surface area (Å²) in [5.74, 6) is 0.633. The minimum atomic E-state index is -0.0868. The molecule has 0 saturated heterocycles. The Hall–Kier alpha value is -3.03. The Morgan fingerprint density at radius 2 is 1.65 bits per heavy atom. The highest BCUT2D eigenvalue weighted by Gasteiger charge is 2.07. The first-order valence-corrected chi connectivity index (χ1v) is 11.8. The summed E-state index contributed by atoms with van der Waals surface area (Å²) in [5.41, 5.74) is 4.84. The van der Waals surface area contributed by atoms with E-state index >= 15 is 0 Å². The van der Waals surface area contributed by atoms with E-state index in [2.05, 4.69) is 44.9 Å². The molecule has 1 amide bonds. The van der Waals surface area contributed by atoms with Crippen LogP contribution in [0.3, 0.4) is 0 Å². The first-order valence-electron chi connectivity index (χ1n) is 10.0. The highest BCUT2D eigenvalue weighted by atomic mass is 32.1. The van der Waals surface area contributed by atoms with Crippen molar-refractivity contribution in [1.29, 1.82) is 0 Å². The number of nitrogens with one attached hydrogen (secondary N) is 1. The number of hydrogen-bond acceptors (Lipinski definition) is 6. The van der Waals surface area contributed by atoms with Crippen LogP contribution in [0.5, 0.6) is 5.75 Å². The van der Waals surface area contributed by atoms with Gasteiger partial charge in [0.15, 0.2) is 0 Å². The maximum Gasteiger partial charge on any atom is 0.251 e. The zero-order valence-electron chi connectivity index (χ0n) is 17.4. The molecule has 1 N–H and O–H groups in total. The lowest BCUT2D eigenvalue weighted by Gasteiger charge is -2.08. The predicted octanol–water partition coefficient (Wildman–Crippen LogP) is 5.43. The van der Waals surface area contributed by atoms with E-state index in [0.29, 0.717) is 18.7 Å². The van der Waals surface area contributed by atoms with Gasteiger partial charge in [-0.3, -0.25) is 4.79 Å². The van der Waals surface area contributed by atoms with E-state index in [1.165, 1.54) is 5.56 Å². The molecular formula is C24H23N3O2S2. The number of amides is 1. The average molecular weight is 450 g/mol.